The van der Waals surface area contributed by atoms with Gasteiger partial charge in [-0.25, -0.2) is 0 Å². The molecule has 1 aromatic carbocycles. The molecule has 1 aliphatic rings. The van der Waals surface area contributed by atoms with Gasteiger partial charge in [-0.15, -0.1) is 0 Å². The van der Waals surface area contributed by atoms with Crippen LogP contribution in [0.25, 0.3) is 0 Å². The van der Waals surface area contributed by atoms with Crippen LogP contribution in [-0.2, 0) is 6.42 Å². The zero-order valence-electron chi connectivity index (χ0n) is 9.23. The normalized spacial score (nSPS) is 14.1. The third kappa shape index (κ3) is 1.96. The van der Waals surface area contributed by atoms with Crippen LogP contribution in [0.5, 0.6) is 0 Å². The topological polar surface area (TPSA) is 25.2 Å². The van der Waals surface area contributed by atoms with E-state index in [1.54, 1.807) is 0 Å². The van der Waals surface area contributed by atoms with Crippen molar-refractivity contribution in [2.24, 2.45) is 4.99 Å². The van der Waals surface area contributed by atoms with Crippen molar-refractivity contribution in [1.82, 2.24) is 4.98 Å². The molecule has 1 aromatic heterocycles. The van der Waals surface area contributed by atoms with E-state index in [1.165, 1.54) is 5.56 Å². The van der Waals surface area contributed by atoms with E-state index in [0.717, 1.165) is 35.0 Å². The van der Waals surface area contributed by atoms with E-state index in [9.17, 15) is 0 Å². The molecule has 0 unspecified atom stereocenters. The molecule has 0 bridgehead atoms. The SMILES string of the molecule is Clc1ccc(C2=NCCc3cccnc32)cc1. The number of aromatic nitrogens is 1. The molecular formula is C14H11ClN2. The first-order chi connectivity index (χ1) is 8.34. The molecule has 3 heteroatoms. The van der Waals surface area contributed by atoms with Gasteiger partial charge in [0.25, 0.3) is 0 Å². The van der Waals surface area contributed by atoms with Gasteiger partial charge in [0.15, 0.2) is 0 Å². The van der Waals surface area contributed by atoms with Crippen LogP contribution in [-0.4, -0.2) is 17.2 Å². The van der Waals surface area contributed by atoms with Gasteiger partial charge in [-0.3, -0.25) is 9.98 Å². The predicted octanol–water partition coefficient (Wildman–Crippen LogP) is 3.13. The van der Waals surface area contributed by atoms with Crippen LogP contribution < -0.4 is 0 Å². The van der Waals surface area contributed by atoms with Gasteiger partial charge >= 0.3 is 0 Å². The number of fused-ring (bicyclic) bond motifs is 1. The van der Waals surface area contributed by atoms with Crippen LogP contribution in [0.1, 0.15) is 16.8 Å². The van der Waals surface area contributed by atoms with Gasteiger partial charge in [0.05, 0.1) is 11.4 Å². The molecule has 3 rings (SSSR count). The van der Waals surface area contributed by atoms with Crippen molar-refractivity contribution in [1.29, 1.82) is 0 Å². The number of aliphatic imine (C=N–C) groups is 1. The number of hydrogen-bond acceptors (Lipinski definition) is 2. The second kappa shape index (κ2) is 4.30. The highest BCUT2D eigenvalue weighted by molar-refractivity contribution is 6.30. The quantitative estimate of drug-likeness (QED) is 0.754. The Morgan fingerprint density at radius 1 is 1.06 bits per heavy atom. The van der Waals surface area contributed by atoms with E-state index in [4.69, 9.17) is 11.6 Å². The second-order valence-corrected chi connectivity index (χ2v) is 4.43. The van der Waals surface area contributed by atoms with Gasteiger partial charge in [0.2, 0.25) is 0 Å². The third-order valence-electron chi connectivity index (χ3n) is 2.88. The van der Waals surface area contributed by atoms with Crippen molar-refractivity contribution >= 4 is 17.3 Å². The summed E-state index contributed by atoms with van der Waals surface area (Å²) in [5.41, 5.74) is 4.33. The number of halogens is 1. The van der Waals surface area contributed by atoms with Crippen LogP contribution in [0.4, 0.5) is 0 Å². The fourth-order valence-corrected chi connectivity index (χ4v) is 2.18. The van der Waals surface area contributed by atoms with Crippen LogP contribution in [0.3, 0.4) is 0 Å². The maximum absolute atomic E-state index is 5.90. The Hall–Kier alpha value is -1.67. The maximum Gasteiger partial charge on any atom is 0.0920 e. The molecule has 0 fully saturated rings. The van der Waals surface area contributed by atoms with E-state index in [1.807, 2.05) is 36.5 Å². The first kappa shape index (κ1) is 10.5. The van der Waals surface area contributed by atoms with Gasteiger partial charge in [-0.05, 0) is 30.2 Å². The average molecular weight is 243 g/mol. The Morgan fingerprint density at radius 3 is 2.71 bits per heavy atom. The van der Waals surface area contributed by atoms with Gasteiger partial charge < -0.3 is 0 Å². The Balaban J connectivity index is 2.09. The summed E-state index contributed by atoms with van der Waals surface area (Å²) < 4.78 is 0. The highest BCUT2D eigenvalue weighted by atomic mass is 35.5. The monoisotopic (exact) mass is 242 g/mol. The number of pyridine rings is 1. The molecule has 17 heavy (non-hydrogen) atoms. The fraction of sp³-hybridized carbons (Fsp3) is 0.143. The van der Waals surface area contributed by atoms with Crippen molar-refractivity contribution in [2.45, 2.75) is 6.42 Å². The minimum atomic E-state index is 0.742. The molecule has 84 valence electrons. The van der Waals surface area contributed by atoms with Crippen molar-refractivity contribution in [3.8, 4) is 0 Å². The lowest BCUT2D eigenvalue weighted by atomic mass is 9.98. The van der Waals surface area contributed by atoms with Gasteiger partial charge in [-0.1, -0.05) is 29.8 Å². The number of rotatable bonds is 1. The first-order valence-corrected chi connectivity index (χ1v) is 5.97. The summed E-state index contributed by atoms with van der Waals surface area (Å²) in [5.74, 6) is 0. The second-order valence-electron chi connectivity index (χ2n) is 4.00. The summed E-state index contributed by atoms with van der Waals surface area (Å²) in [7, 11) is 0. The predicted molar refractivity (Wildman–Crippen MR) is 69.9 cm³/mol. The summed E-state index contributed by atoms with van der Waals surface area (Å²) in [5, 5.41) is 0.742. The lowest BCUT2D eigenvalue weighted by molar-refractivity contribution is 0.926. The van der Waals surface area contributed by atoms with Crippen molar-refractivity contribution in [2.75, 3.05) is 6.54 Å². The van der Waals surface area contributed by atoms with Crippen molar-refractivity contribution in [3.05, 3.63) is 64.4 Å². The highest BCUT2D eigenvalue weighted by Crippen LogP contribution is 2.19. The van der Waals surface area contributed by atoms with E-state index >= 15 is 0 Å². The standard InChI is InChI=1S/C14H11ClN2/c15-12-5-3-11(4-6-12)14-13-10(7-9-17-14)2-1-8-16-13/h1-6,8H,7,9H2. The highest BCUT2D eigenvalue weighted by Gasteiger charge is 2.16. The van der Waals surface area contributed by atoms with Crippen molar-refractivity contribution in [3.63, 3.8) is 0 Å². The lowest BCUT2D eigenvalue weighted by Crippen LogP contribution is -2.15. The van der Waals surface area contributed by atoms with Crippen LogP contribution in [0.15, 0.2) is 47.6 Å². The third-order valence-corrected chi connectivity index (χ3v) is 3.14. The zero-order chi connectivity index (χ0) is 11.7. The molecule has 0 spiro atoms. The Kier molecular flexibility index (Phi) is 2.65. The van der Waals surface area contributed by atoms with E-state index in [2.05, 4.69) is 16.0 Å². The Morgan fingerprint density at radius 2 is 1.88 bits per heavy atom. The van der Waals surface area contributed by atoms with Crippen molar-refractivity contribution < 1.29 is 0 Å². The van der Waals surface area contributed by atoms with E-state index in [0.29, 0.717) is 0 Å². The Labute approximate surface area is 105 Å². The fourth-order valence-electron chi connectivity index (χ4n) is 2.05. The first-order valence-electron chi connectivity index (χ1n) is 5.59. The molecule has 1 aliphatic heterocycles. The van der Waals surface area contributed by atoms with Gasteiger partial charge in [0, 0.05) is 23.3 Å². The molecule has 0 amide bonds. The van der Waals surface area contributed by atoms with E-state index in [-0.39, 0.29) is 0 Å². The van der Waals surface area contributed by atoms with Gasteiger partial charge in [-0.2, -0.15) is 0 Å². The molecule has 0 atom stereocenters. The minimum Gasteiger partial charge on any atom is -0.282 e. The summed E-state index contributed by atoms with van der Waals surface area (Å²) >= 11 is 5.90. The van der Waals surface area contributed by atoms with Crippen LogP contribution in [0, 0.1) is 0 Å². The molecular weight excluding hydrogens is 232 g/mol. The van der Waals surface area contributed by atoms with Crippen LogP contribution in [0.2, 0.25) is 5.02 Å². The molecule has 0 aliphatic carbocycles. The average Bonchev–Trinajstić information content (AvgIpc) is 2.39. The molecule has 2 heterocycles. The maximum atomic E-state index is 5.90. The molecule has 2 aromatic rings. The molecule has 2 nitrogen and oxygen atoms in total. The molecule has 0 radical (unpaired) electrons. The molecule has 0 saturated carbocycles. The lowest BCUT2D eigenvalue weighted by Gasteiger charge is -2.15. The largest absolute Gasteiger partial charge is 0.282 e. The summed E-state index contributed by atoms with van der Waals surface area (Å²) in [4.78, 5) is 9.02. The zero-order valence-corrected chi connectivity index (χ0v) is 9.98. The number of benzene rings is 1. The summed E-state index contributed by atoms with van der Waals surface area (Å²) in [6.07, 6.45) is 2.79. The Bertz CT molecular complexity index is 573. The van der Waals surface area contributed by atoms with Gasteiger partial charge in [0.1, 0.15) is 0 Å². The van der Waals surface area contributed by atoms with E-state index < -0.39 is 0 Å². The smallest absolute Gasteiger partial charge is 0.0920 e. The summed E-state index contributed by atoms with van der Waals surface area (Å²) in [6, 6.07) is 11.8. The molecule has 0 N–H and O–H groups in total. The van der Waals surface area contributed by atoms with Crippen LogP contribution >= 0.6 is 11.6 Å². The minimum absolute atomic E-state index is 0.742. The number of hydrogen-bond donors (Lipinski definition) is 0. The molecule has 0 saturated heterocycles. The summed E-state index contributed by atoms with van der Waals surface area (Å²) in [6.45, 7) is 0.830. The number of nitrogens with zero attached hydrogens (tertiary/aromatic N) is 2.